The molecule has 10 heteroatoms. The number of hydrogen-bond acceptors (Lipinski definition) is 7. The van der Waals surface area contributed by atoms with E-state index in [0.29, 0.717) is 17.9 Å². The van der Waals surface area contributed by atoms with Gasteiger partial charge in [0.15, 0.2) is 15.8 Å². The Labute approximate surface area is 176 Å². The van der Waals surface area contributed by atoms with Crippen LogP contribution < -0.4 is 10.2 Å². The molecule has 8 nitrogen and oxygen atoms in total. The highest BCUT2D eigenvalue weighted by molar-refractivity contribution is 7.91. The third kappa shape index (κ3) is 5.66. The number of rotatable bonds is 7. The fourth-order valence-corrected chi connectivity index (χ4v) is 5.30. The number of aryl methyl sites for hydroxylation is 1. The van der Waals surface area contributed by atoms with Crippen LogP contribution in [0.15, 0.2) is 40.2 Å². The van der Waals surface area contributed by atoms with Gasteiger partial charge in [-0.1, -0.05) is 25.1 Å². The van der Waals surface area contributed by atoms with Crippen LogP contribution in [0.4, 0.5) is 5.13 Å². The highest BCUT2D eigenvalue weighted by atomic mass is 32.2. The van der Waals surface area contributed by atoms with Crippen molar-refractivity contribution in [3.8, 4) is 0 Å². The van der Waals surface area contributed by atoms with Crippen molar-refractivity contribution in [3.05, 3.63) is 36.2 Å². The van der Waals surface area contributed by atoms with E-state index in [9.17, 15) is 8.42 Å². The minimum atomic E-state index is -3.24. The number of hydrogen-bond donors (Lipinski definition) is 1. The summed E-state index contributed by atoms with van der Waals surface area (Å²) in [6, 6.07) is 8.60. The maximum atomic E-state index is 12.4. The quantitative estimate of drug-likeness (QED) is 0.401. The predicted octanol–water partition coefficient (Wildman–Crippen LogP) is 1.66. The maximum absolute atomic E-state index is 12.4. The first kappa shape index (κ1) is 21.5. The maximum Gasteiger partial charge on any atom is 0.205 e. The number of benzene rings is 1. The Morgan fingerprint density at radius 2 is 1.93 bits per heavy atom. The summed E-state index contributed by atoms with van der Waals surface area (Å²) in [6.45, 7) is 6.02. The molecule has 1 N–H and O–H groups in total. The van der Waals surface area contributed by atoms with E-state index in [-0.39, 0.29) is 5.75 Å². The summed E-state index contributed by atoms with van der Waals surface area (Å²) in [4.78, 5) is 13.8. The van der Waals surface area contributed by atoms with Gasteiger partial charge in [-0.15, -0.1) is 0 Å². The van der Waals surface area contributed by atoms with E-state index < -0.39 is 9.84 Å². The van der Waals surface area contributed by atoms with E-state index in [1.807, 2.05) is 6.07 Å². The first-order chi connectivity index (χ1) is 14.0. The molecule has 0 saturated carbocycles. The van der Waals surface area contributed by atoms with Crippen molar-refractivity contribution < 1.29 is 8.42 Å². The lowest BCUT2D eigenvalue weighted by atomic mass is 10.3. The zero-order valence-electron chi connectivity index (χ0n) is 16.9. The molecule has 0 aliphatic carbocycles. The van der Waals surface area contributed by atoms with Crippen molar-refractivity contribution in [2.75, 3.05) is 50.4 Å². The van der Waals surface area contributed by atoms with Crippen molar-refractivity contribution in [1.29, 1.82) is 0 Å². The molecule has 1 aromatic heterocycles. The third-order valence-electron chi connectivity index (χ3n) is 4.81. The van der Waals surface area contributed by atoms with Crippen LogP contribution in [-0.2, 0) is 16.3 Å². The average Bonchev–Trinajstić information content (AvgIpc) is 3.24. The van der Waals surface area contributed by atoms with E-state index in [4.69, 9.17) is 0 Å². The fraction of sp³-hybridized carbons (Fsp3) is 0.526. The molecule has 1 aliphatic rings. The van der Waals surface area contributed by atoms with Gasteiger partial charge in [0.05, 0.1) is 10.6 Å². The van der Waals surface area contributed by atoms with Gasteiger partial charge in [0, 0.05) is 57.7 Å². The van der Waals surface area contributed by atoms with E-state index in [0.717, 1.165) is 49.5 Å². The van der Waals surface area contributed by atoms with Gasteiger partial charge in [0.25, 0.3) is 0 Å². The molecule has 3 rings (SSSR count). The second-order valence-corrected chi connectivity index (χ2v) is 9.62. The normalized spacial score (nSPS) is 15.6. The van der Waals surface area contributed by atoms with E-state index >= 15 is 0 Å². The molecule has 2 aromatic rings. The first-order valence-electron chi connectivity index (χ1n) is 9.84. The average molecular weight is 437 g/mol. The van der Waals surface area contributed by atoms with Gasteiger partial charge in [0.2, 0.25) is 5.13 Å². The summed E-state index contributed by atoms with van der Waals surface area (Å²) >= 11 is 1.46. The number of anilines is 1. The van der Waals surface area contributed by atoms with E-state index in [1.54, 1.807) is 31.3 Å². The Kier molecular flexibility index (Phi) is 7.43. The zero-order chi connectivity index (χ0) is 20.7. The Bertz CT molecular complexity index is 906. The van der Waals surface area contributed by atoms with E-state index in [1.165, 1.54) is 11.5 Å². The number of piperazine rings is 1. The molecule has 1 aromatic carbocycles. The SMILES string of the molecule is CCc1nsc(N2CCN(C(=NC)NCCCS(=O)(=O)c3ccccc3)CC2)n1. The highest BCUT2D eigenvalue weighted by Crippen LogP contribution is 2.19. The summed E-state index contributed by atoms with van der Waals surface area (Å²) in [7, 11) is -1.48. The van der Waals surface area contributed by atoms with Crippen LogP contribution in [-0.4, -0.2) is 74.2 Å². The summed E-state index contributed by atoms with van der Waals surface area (Å²) < 4.78 is 29.1. The molecule has 0 unspecified atom stereocenters. The summed E-state index contributed by atoms with van der Waals surface area (Å²) in [6.07, 6.45) is 1.38. The zero-order valence-corrected chi connectivity index (χ0v) is 18.5. The van der Waals surface area contributed by atoms with Crippen LogP contribution in [0.1, 0.15) is 19.2 Å². The molecule has 0 atom stereocenters. The van der Waals surface area contributed by atoms with Crippen molar-refractivity contribution in [3.63, 3.8) is 0 Å². The van der Waals surface area contributed by atoms with Gasteiger partial charge in [-0.2, -0.15) is 4.37 Å². The number of nitrogens with zero attached hydrogens (tertiary/aromatic N) is 5. The standard InChI is InChI=1S/C19H28N6O2S2/c1-3-17-22-19(28-23-17)25-13-11-24(12-14-25)18(20-2)21-10-7-15-29(26,27)16-8-5-4-6-9-16/h4-6,8-9H,3,7,10-15H2,1-2H3,(H,20,21). The van der Waals surface area contributed by atoms with Crippen molar-refractivity contribution in [2.24, 2.45) is 4.99 Å². The number of sulfone groups is 1. The van der Waals surface area contributed by atoms with Gasteiger partial charge >= 0.3 is 0 Å². The van der Waals surface area contributed by atoms with Gasteiger partial charge in [-0.05, 0) is 18.6 Å². The van der Waals surface area contributed by atoms with Crippen molar-refractivity contribution in [2.45, 2.75) is 24.7 Å². The lowest BCUT2D eigenvalue weighted by Crippen LogP contribution is -2.52. The summed E-state index contributed by atoms with van der Waals surface area (Å²) in [5.41, 5.74) is 0. The predicted molar refractivity (Wildman–Crippen MR) is 118 cm³/mol. The van der Waals surface area contributed by atoms with Crippen LogP contribution in [0, 0.1) is 0 Å². The largest absolute Gasteiger partial charge is 0.356 e. The topological polar surface area (TPSA) is 90.8 Å². The minimum Gasteiger partial charge on any atom is -0.356 e. The second kappa shape index (κ2) is 10.0. The van der Waals surface area contributed by atoms with Crippen LogP contribution in [0.3, 0.4) is 0 Å². The third-order valence-corrected chi connectivity index (χ3v) is 7.44. The number of nitrogens with one attached hydrogen (secondary N) is 1. The van der Waals surface area contributed by atoms with Gasteiger partial charge in [-0.3, -0.25) is 4.99 Å². The van der Waals surface area contributed by atoms with Crippen LogP contribution in [0.2, 0.25) is 0 Å². The monoisotopic (exact) mass is 436 g/mol. The minimum absolute atomic E-state index is 0.117. The Balaban J connectivity index is 1.44. The first-order valence-corrected chi connectivity index (χ1v) is 12.3. The van der Waals surface area contributed by atoms with Crippen LogP contribution in [0.25, 0.3) is 0 Å². The highest BCUT2D eigenvalue weighted by Gasteiger charge is 2.22. The molecule has 2 heterocycles. The molecule has 1 saturated heterocycles. The summed E-state index contributed by atoms with van der Waals surface area (Å²) in [5.74, 6) is 1.83. The van der Waals surface area contributed by atoms with Gasteiger partial charge < -0.3 is 15.1 Å². The van der Waals surface area contributed by atoms with Crippen LogP contribution >= 0.6 is 11.5 Å². The molecule has 29 heavy (non-hydrogen) atoms. The second-order valence-electron chi connectivity index (χ2n) is 6.78. The Morgan fingerprint density at radius 1 is 1.21 bits per heavy atom. The molecule has 158 valence electrons. The summed E-state index contributed by atoms with van der Waals surface area (Å²) in [5, 5.41) is 4.28. The molecule has 1 fully saturated rings. The fourth-order valence-electron chi connectivity index (χ4n) is 3.17. The Morgan fingerprint density at radius 3 is 2.55 bits per heavy atom. The number of aliphatic imine (C=N–C) groups is 1. The number of aromatic nitrogens is 2. The van der Waals surface area contributed by atoms with Gasteiger partial charge in [-0.25, -0.2) is 13.4 Å². The molecule has 0 amide bonds. The van der Waals surface area contributed by atoms with E-state index in [2.05, 4.69) is 36.4 Å². The molecule has 0 bridgehead atoms. The van der Waals surface area contributed by atoms with Crippen molar-refractivity contribution in [1.82, 2.24) is 19.6 Å². The molecular weight excluding hydrogens is 408 g/mol. The molecule has 1 aliphatic heterocycles. The van der Waals surface area contributed by atoms with Crippen LogP contribution in [0.5, 0.6) is 0 Å². The lowest BCUT2D eigenvalue weighted by molar-refractivity contribution is 0.372. The van der Waals surface area contributed by atoms with Gasteiger partial charge in [0.1, 0.15) is 5.82 Å². The Hall–Kier alpha value is -2.20. The number of guanidine groups is 1. The molecular formula is C19H28N6O2S2. The molecule has 0 radical (unpaired) electrons. The molecule has 0 spiro atoms. The smallest absolute Gasteiger partial charge is 0.205 e. The van der Waals surface area contributed by atoms with Crippen molar-refractivity contribution >= 4 is 32.5 Å². The lowest BCUT2D eigenvalue weighted by Gasteiger charge is -2.36.